The van der Waals surface area contributed by atoms with Crippen LogP contribution in [0.2, 0.25) is 0 Å². The molecule has 0 fully saturated rings. The summed E-state index contributed by atoms with van der Waals surface area (Å²) in [5.74, 6) is 0.962. The van der Waals surface area contributed by atoms with Crippen LogP contribution < -0.4 is 10.1 Å². The van der Waals surface area contributed by atoms with Gasteiger partial charge in [-0.2, -0.15) is 0 Å². The van der Waals surface area contributed by atoms with E-state index in [0.29, 0.717) is 6.61 Å². The third-order valence-electron chi connectivity index (χ3n) is 3.68. The number of benzene rings is 2. The van der Waals surface area contributed by atoms with Crippen molar-refractivity contribution in [1.82, 2.24) is 10.3 Å². The van der Waals surface area contributed by atoms with Crippen LogP contribution in [-0.2, 0) is 13.1 Å². The number of pyridine rings is 1. The number of fused-ring (bicyclic) bond motifs is 1. The van der Waals surface area contributed by atoms with Gasteiger partial charge in [0.25, 0.3) is 0 Å². The molecule has 1 heterocycles. The summed E-state index contributed by atoms with van der Waals surface area (Å²) in [7, 11) is 0. The van der Waals surface area contributed by atoms with Gasteiger partial charge < -0.3 is 10.1 Å². The molecule has 1 N–H and O–H groups in total. The molecule has 1 aromatic heterocycles. The van der Waals surface area contributed by atoms with Crippen LogP contribution in [0.4, 0.5) is 0 Å². The predicted octanol–water partition coefficient (Wildman–Crippen LogP) is 4.35. The van der Waals surface area contributed by atoms with Crippen LogP contribution in [0.5, 0.6) is 5.75 Å². The predicted molar refractivity (Wildman–Crippen MR) is 97.1 cm³/mol. The molecule has 0 aliphatic carbocycles. The monoisotopic (exact) mass is 328 g/mol. The van der Waals surface area contributed by atoms with Gasteiger partial charge in [0.15, 0.2) is 0 Å². The Morgan fingerprint density at radius 2 is 1.74 bits per heavy atom. The number of nitrogens with one attached hydrogen (secondary N) is 1. The molecule has 0 amide bonds. The Kier molecular flexibility index (Phi) is 6.39. The maximum atomic E-state index is 5.80. The quantitative estimate of drug-likeness (QED) is 0.730. The van der Waals surface area contributed by atoms with Gasteiger partial charge in [0.05, 0.1) is 6.61 Å². The normalized spacial score (nSPS) is 10.3. The minimum Gasteiger partial charge on any atom is -0.494 e. The first kappa shape index (κ1) is 17.3. The second kappa shape index (κ2) is 8.51. The molecular weight excluding hydrogens is 308 g/mol. The number of rotatable bonds is 6. The van der Waals surface area contributed by atoms with Gasteiger partial charge in [-0.1, -0.05) is 30.3 Å². The van der Waals surface area contributed by atoms with Crippen LogP contribution in [-0.4, -0.2) is 11.6 Å². The summed E-state index contributed by atoms with van der Waals surface area (Å²) in [4.78, 5) is 4.04. The van der Waals surface area contributed by atoms with E-state index in [9.17, 15) is 0 Å². The van der Waals surface area contributed by atoms with Crippen LogP contribution in [0.15, 0.2) is 60.9 Å². The standard InChI is InChI=1S/C19H20N2O.ClH/c1-2-22-19-8-7-16-5-3-4-6-17(16)18(19)14-21-13-15-9-11-20-12-10-15;/h3-12,21H,2,13-14H2,1H3;1H. The molecule has 0 spiro atoms. The molecule has 3 nitrogen and oxygen atoms in total. The van der Waals surface area contributed by atoms with E-state index in [1.54, 1.807) is 0 Å². The molecule has 3 aromatic rings. The lowest BCUT2D eigenvalue weighted by Crippen LogP contribution is -2.14. The first-order chi connectivity index (χ1) is 10.9. The molecule has 2 aromatic carbocycles. The minimum absolute atomic E-state index is 0. The smallest absolute Gasteiger partial charge is 0.124 e. The Bertz CT molecular complexity index is 747. The molecule has 4 heteroatoms. The largest absolute Gasteiger partial charge is 0.494 e. The van der Waals surface area contributed by atoms with Crippen molar-refractivity contribution < 1.29 is 4.74 Å². The van der Waals surface area contributed by atoms with Crippen molar-refractivity contribution in [2.45, 2.75) is 20.0 Å². The minimum atomic E-state index is 0. The second-order valence-corrected chi connectivity index (χ2v) is 5.16. The van der Waals surface area contributed by atoms with E-state index in [2.05, 4.69) is 46.7 Å². The highest BCUT2D eigenvalue weighted by Gasteiger charge is 2.08. The molecule has 0 aliphatic heterocycles. The Hall–Kier alpha value is -2.10. The lowest BCUT2D eigenvalue weighted by molar-refractivity contribution is 0.336. The van der Waals surface area contributed by atoms with Crippen LogP contribution in [0.1, 0.15) is 18.1 Å². The Morgan fingerprint density at radius 1 is 0.957 bits per heavy atom. The summed E-state index contributed by atoms with van der Waals surface area (Å²) in [6.07, 6.45) is 3.64. The third-order valence-corrected chi connectivity index (χ3v) is 3.68. The molecule has 0 saturated heterocycles. The summed E-state index contributed by atoms with van der Waals surface area (Å²) < 4.78 is 5.80. The van der Waals surface area contributed by atoms with Gasteiger partial charge in [-0.05, 0) is 41.5 Å². The van der Waals surface area contributed by atoms with E-state index in [1.807, 2.05) is 31.5 Å². The van der Waals surface area contributed by atoms with E-state index in [-0.39, 0.29) is 12.4 Å². The maximum Gasteiger partial charge on any atom is 0.124 e. The van der Waals surface area contributed by atoms with Crippen LogP contribution in [0.25, 0.3) is 10.8 Å². The number of ether oxygens (including phenoxy) is 1. The highest BCUT2D eigenvalue weighted by Crippen LogP contribution is 2.28. The lowest BCUT2D eigenvalue weighted by Gasteiger charge is -2.14. The molecule has 0 atom stereocenters. The zero-order valence-corrected chi connectivity index (χ0v) is 14.0. The second-order valence-electron chi connectivity index (χ2n) is 5.16. The van der Waals surface area contributed by atoms with E-state index in [4.69, 9.17) is 4.74 Å². The summed E-state index contributed by atoms with van der Waals surface area (Å²) in [6, 6.07) is 16.7. The van der Waals surface area contributed by atoms with Gasteiger partial charge in [0.2, 0.25) is 0 Å². The average Bonchev–Trinajstić information content (AvgIpc) is 2.57. The summed E-state index contributed by atoms with van der Waals surface area (Å²) in [6.45, 7) is 4.29. The Balaban J connectivity index is 0.00000192. The lowest BCUT2D eigenvalue weighted by atomic mass is 10.0. The molecule has 0 bridgehead atoms. The fraction of sp³-hybridized carbons (Fsp3) is 0.211. The van der Waals surface area contributed by atoms with E-state index in [1.165, 1.54) is 21.9 Å². The number of halogens is 1. The zero-order valence-electron chi connectivity index (χ0n) is 13.2. The average molecular weight is 329 g/mol. The van der Waals surface area contributed by atoms with Crippen LogP contribution >= 0.6 is 12.4 Å². The zero-order chi connectivity index (χ0) is 15.2. The molecule has 3 rings (SSSR count). The molecule has 0 aliphatic rings. The number of nitrogens with zero attached hydrogens (tertiary/aromatic N) is 1. The molecule has 0 unspecified atom stereocenters. The summed E-state index contributed by atoms with van der Waals surface area (Å²) in [5.41, 5.74) is 2.45. The Morgan fingerprint density at radius 3 is 2.52 bits per heavy atom. The highest BCUT2D eigenvalue weighted by molar-refractivity contribution is 5.87. The molecule has 0 radical (unpaired) electrons. The van der Waals surface area contributed by atoms with Crippen molar-refractivity contribution in [2.75, 3.05) is 6.61 Å². The van der Waals surface area contributed by atoms with Gasteiger partial charge >= 0.3 is 0 Å². The van der Waals surface area contributed by atoms with Gasteiger partial charge in [0, 0.05) is 31.0 Å². The summed E-state index contributed by atoms with van der Waals surface area (Å²) in [5, 5.41) is 5.99. The highest BCUT2D eigenvalue weighted by atomic mass is 35.5. The Labute approximate surface area is 143 Å². The number of aromatic nitrogens is 1. The van der Waals surface area contributed by atoms with Crippen molar-refractivity contribution >= 4 is 23.2 Å². The SMILES string of the molecule is CCOc1ccc2ccccc2c1CNCc1ccncc1.Cl. The van der Waals surface area contributed by atoms with E-state index >= 15 is 0 Å². The first-order valence-electron chi connectivity index (χ1n) is 7.61. The van der Waals surface area contributed by atoms with Crippen molar-refractivity contribution in [3.05, 3.63) is 72.1 Å². The molecular formula is C19H21ClN2O. The maximum absolute atomic E-state index is 5.80. The van der Waals surface area contributed by atoms with Gasteiger partial charge in [0.1, 0.15) is 5.75 Å². The van der Waals surface area contributed by atoms with Gasteiger partial charge in [-0.25, -0.2) is 0 Å². The van der Waals surface area contributed by atoms with Crippen LogP contribution in [0.3, 0.4) is 0 Å². The van der Waals surface area contributed by atoms with Crippen molar-refractivity contribution in [3.63, 3.8) is 0 Å². The van der Waals surface area contributed by atoms with Gasteiger partial charge in [-0.3, -0.25) is 4.98 Å². The fourth-order valence-electron chi connectivity index (χ4n) is 2.62. The number of hydrogen-bond donors (Lipinski definition) is 1. The molecule has 0 saturated carbocycles. The third kappa shape index (κ3) is 4.21. The van der Waals surface area contributed by atoms with Crippen molar-refractivity contribution in [1.29, 1.82) is 0 Å². The molecule has 120 valence electrons. The fourth-order valence-corrected chi connectivity index (χ4v) is 2.62. The van der Waals surface area contributed by atoms with Crippen molar-refractivity contribution in [3.8, 4) is 5.75 Å². The summed E-state index contributed by atoms with van der Waals surface area (Å²) >= 11 is 0. The van der Waals surface area contributed by atoms with E-state index < -0.39 is 0 Å². The van der Waals surface area contributed by atoms with E-state index in [0.717, 1.165) is 18.8 Å². The topological polar surface area (TPSA) is 34.1 Å². The first-order valence-corrected chi connectivity index (χ1v) is 7.61. The molecule has 23 heavy (non-hydrogen) atoms. The van der Waals surface area contributed by atoms with Crippen molar-refractivity contribution in [2.24, 2.45) is 0 Å². The van der Waals surface area contributed by atoms with Crippen LogP contribution in [0, 0.1) is 0 Å². The van der Waals surface area contributed by atoms with Gasteiger partial charge in [-0.15, -0.1) is 12.4 Å². The number of hydrogen-bond acceptors (Lipinski definition) is 3.